The second kappa shape index (κ2) is 6.58. The van der Waals surface area contributed by atoms with E-state index in [0.717, 1.165) is 19.3 Å². The Bertz CT molecular complexity index is 304. The molecule has 1 unspecified atom stereocenters. The number of amides is 2. The second-order valence-electron chi connectivity index (χ2n) is 4.66. The van der Waals surface area contributed by atoms with Gasteiger partial charge in [0.1, 0.15) is 6.04 Å². The molecule has 0 bridgehead atoms. The summed E-state index contributed by atoms with van der Waals surface area (Å²) in [4.78, 5) is 26.2. The van der Waals surface area contributed by atoms with Crippen molar-refractivity contribution < 1.29 is 19.8 Å². The predicted molar refractivity (Wildman–Crippen MR) is 66.3 cm³/mol. The number of hydrogen-bond acceptors (Lipinski definition) is 3. The van der Waals surface area contributed by atoms with E-state index in [4.69, 9.17) is 10.2 Å². The summed E-state index contributed by atoms with van der Waals surface area (Å²) in [5.74, 6) is -0.995. The summed E-state index contributed by atoms with van der Waals surface area (Å²) in [6.45, 7) is 1.91. The van der Waals surface area contributed by atoms with Gasteiger partial charge in [0.25, 0.3) is 0 Å². The average molecular weight is 258 g/mol. The summed E-state index contributed by atoms with van der Waals surface area (Å²) in [5, 5.41) is 18.1. The first-order valence-electron chi connectivity index (χ1n) is 6.40. The number of carbonyl (C=O) groups is 2. The van der Waals surface area contributed by atoms with E-state index < -0.39 is 12.0 Å². The Hall–Kier alpha value is -1.30. The Balaban J connectivity index is 2.71. The lowest BCUT2D eigenvalue weighted by Gasteiger charge is -2.40. The van der Waals surface area contributed by atoms with Crippen molar-refractivity contribution in [1.82, 2.24) is 9.80 Å². The zero-order valence-electron chi connectivity index (χ0n) is 11.0. The van der Waals surface area contributed by atoms with Crippen molar-refractivity contribution in [3.63, 3.8) is 0 Å². The number of urea groups is 1. The number of carbonyl (C=O) groups excluding carboxylic acids is 1. The number of hydrogen-bond donors (Lipinski definition) is 2. The number of aliphatic hydroxyl groups excluding tert-OH is 1. The van der Waals surface area contributed by atoms with Gasteiger partial charge in [-0.25, -0.2) is 9.59 Å². The van der Waals surface area contributed by atoms with Crippen molar-refractivity contribution in [3.8, 4) is 0 Å². The molecule has 0 aromatic heterocycles. The molecule has 1 fully saturated rings. The highest BCUT2D eigenvalue weighted by atomic mass is 16.4. The van der Waals surface area contributed by atoms with Crippen LogP contribution in [0.3, 0.4) is 0 Å². The first-order valence-corrected chi connectivity index (χ1v) is 6.40. The molecule has 2 amide bonds. The molecule has 1 aliphatic carbocycles. The van der Waals surface area contributed by atoms with E-state index in [0.29, 0.717) is 6.42 Å². The second-order valence-corrected chi connectivity index (χ2v) is 4.66. The molecule has 0 saturated heterocycles. The number of carboxylic acids is 1. The lowest BCUT2D eigenvalue weighted by Crippen LogP contribution is -2.54. The third-order valence-corrected chi connectivity index (χ3v) is 3.54. The Kier molecular flexibility index (Phi) is 5.40. The van der Waals surface area contributed by atoms with E-state index in [1.165, 1.54) is 11.9 Å². The van der Waals surface area contributed by atoms with Gasteiger partial charge in [-0.15, -0.1) is 0 Å². The van der Waals surface area contributed by atoms with Gasteiger partial charge in [-0.3, -0.25) is 0 Å². The highest BCUT2D eigenvalue weighted by molar-refractivity contribution is 5.82. The van der Waals surface area contributed by atoms with E-state index in [-0.39, 0.29) is 25.2 Å². The van der Waals surface area contributed by atoms with Gasteiger partial charge in [0.15, 0.2) is 0 Å². The molecule has 104 valence electrons. The molecule has 2 N–H and O–H groups in total. The molecule has 0 radical (unpaired) electrons. The number of aliphatic carboxylic acids is 1. The van der Waals surface area contributed by atoms with Crippen molar-refractivity contribution >= 4 is 12.0 Å². The molecular weight excluding hydrogens is 236 g/mol. The van der Waals surface area contributed by atoms with Gasteiger partial charge in [0, 0.05) is 19.6 Å². The lowest BCUT2D eigenvalue weighted by atomic mass is 9.91. The topological polar surface area (TPSA) is 81.1 Å². The summed E-state index contributed by atoms with van der Waals surface area (Å²) in [5.41, 5.74) is 0. The van der Waals surface area contributed by atoms with Gasteiger partial charge in [-0.1, -0.05) is 6.92 Å². The SMILES string of the molecule is CCC(C(=O)O)N(C)C(=O)N(CCO)C1CCC1. The summed E-state index contributed by atoms with van der Waals surface area (Å²) >= 11 is 0. The lowest BCUT2D eigenvalue weighted by molar-refractivity contribution is -0.142. The van der Waals surface area contributed by atoms with Gasteiger partial charge < -0.3 is 20.0 Å². The fourth-order valence-corrected chi connectivity index (χ4v) is 2.19. The summed E-state index contributed by atoms with van der Waals surface area (Å²) in [6, 6.07) is -0.958. The Morgan fingerprint density at radius 2 is 2.00 bits per heavy atom. The summed E-state index contributed by atoms with van der Waals surface area (Å²) in [7, 11) is 1.51. The van der Waals surface area contributed by atoms with Gasteiger partial charge in [0.05, 0.1) is 6.61 Å². The van der Waals surface area contributed by atoms with E-state index >= 15 is 0 Å². The fourth-order valence-electron chi connectivity index (χ4n) is 2.19. The molecule has 0 aromatic carbocycles. The first-order chi connectivity index (χ1) is 8.52. The molecule has 6 nitrogen and oxygen atoms in total. The zero-order valence-corrected chi connectivity index (χ0v) is 11.0. The number of rotatable bonds is 6. The van der Waals surface area contributed by atoms with Crippen LogP contribution in [0.25, 0.3) is 0 Å². The van der Waals surface area contributed by atoms with Crippen LogP contribution >= 0.6 is 0 Å². The number of aliphatic hydroxyl groups is 1. The molecule has 0 spiro atoms. The minimum absolute atomic E-state index is 0.0973. The molecule has 18 heavy (non-hydrogen) atoms. The van der Waals surface area contributed by atoms with Crippen LogP contribution in [0.4, 0.5) is 4.79 Å². The van der Waals surface area contributed by atoms with Crippen molar-refractivity contribution in [2.24, 2.45) is 0 Å². The van der Waals surface area contributed by atoms with Crippen LogP contribution in [0.1, 0.15) is 32.6 Å². The molecule has 0 aliphatic heterocycles. The van der Waals surface area contributed by atoms with Gasteiger partial charge in [-0.05, 0) is 25.7 Å². The summed E-state index contributed by atoms with van der Waals surface area (Å²) < 4.78 is 0. The van der Waals surface area contributed by atoms with Crippen molar-refractivity contribution in [3.05, 3.63) is 0 Å². The third-order valence-electron chi connectivity index (χ3n) is 3.54. The number of nitrogens with zero attached hydrogens (tertiary/aromatic N) is 2. The minimum atomic E-state index is -0.995. The van der Waals surface area contributed by atoms with E-state index in [1.807, 2.05) is 0 Å². The van der Waals surface area contributed by atoms with Gasteiger partial charge in [0.2, 0.25) is 0 Å². The fraction of sp³-hybridized carbons (Fsp3) is 0.833. The van der Waals surface area contributed by atoms with Crippen LogP contribution in [0.15, 0.2) is 0 Å². The van der Waals surface area contributed by atoms with E-state index in [1.54, 1.807) is 11.8 Å². The maximum absolute atomic E-state index is 12.2. The third kappa shape index (κ3) is 3.13. The maximum atomic E-state index is 12.2. The Morgan fingerprint density at radius 1 is 1.39 bits per heavy atom. The highest BCUT2D eigenvalue weighted by Gasteiger charge is 2.33. The van der Waals surface area contributed by atoms with Crippen LogP contribution in [0.5, 0.6) is 0 Å². The Morgan fingerprint density at radius 3 is 2.33 bits per heavy atom. The zero-order chi connectivity index (χ0) is 13.7. The summed E-state index contributed by atoms with van der Waals surface area (Å²) in [6.07, 6.45) is 3.32. The molecule has 1 aliphatic rings. The predicted octanol–water partition coefficient (Wildman–Crippen LogP) is 0.748. The monoisotopic (exact) mass is 258 g/mol. The first kappa shape index (κ1) is 14.8. The molecule has 0 heterocycles. The molecular formula is C12H22N2O4. The standard InChI is InChI=1S/C12H22N2O4/c1-3-10(11(16)17)13(2)12(18)14(7-8-15)9-5-4-6-9/h9-10,15H,3-8H2,1-2H3,(H,16,17). The largest absolute Gasteiger partial charge is 0.480 e. The van der Waals surface area contributed by atoms with Crippen LogP contribution < -0.4 is 0 Å². The number of carboxylic acid groups (broad SMARTS) is 1. The highest BCUT2D eigenvalue weighted by Crippen LogP contribution is 2.25. The van der Waals surface area contributed by atoms with Crippen molar-refractivity contribution in [2.75, 3.05) is 20.2 Å². The smallest absolute Gasteiger partial charge is 0.326 e. The molecule has 6 heteroatoms. The van der Waals surface area contributed by atoms with Crippen LogP contribution in [0, 0.1) is 0 Å². The minimum Gasteiger partial charge on any atom is -0.480 e. The van der Waals surface area contributed by atoms with Crippen LogP contribution in [-0.4, -0.2) is 64.3 Å². The normalized spacial score (nSPS) is 16.8. The Labute approximate surface area is 107 Å². The van der Waals surface area contributed by atoms with Crippen molar-refractivity contribution in [1.29, 1.82) is 0 Å². The molecule has 1 saturated carbocycles. The van der Waals surface area contributed by atoms with Gasteiger partial charge >= 0.3 is 12.0 Å². The quantitative estimate of drug-likeness (QED) is 0.736. The molecule has 1 atom stereocenters. The number of likely N-dealkylation sites (N-methyl/N-ethyl adjacent to an activating group) is 1. The van der Waals surface area contributed by atoms with Crippen LogP contribution in [-0.2, 0) is 4.79 Å². The molecule has 0 aromatic rings. The van der Waals surface area contributed by atoms with E-state index in [2.05, 4.69) is 0 Å². The van der Waals surface area contributed by atoms with Crippen molar-refractivity contribution in [2.45, 2.75) is 44.7 Å². The average Bonchev–Trinajstić information content (AvgIpc) is 2.25. The maximum Gasteiger partial charge on any atom is 0.326 e. The van der Waals surface area contributed by atoms with E-state index in [9.17, 15) is 9.59 Å². The van der Waals surface area contributed by atoms with Gasteiger partial charge in [-0.2, -0.15) is 0 Å². The van der Waals surface area contributed by atoms with Crippen LogP contribution in [0.2, 0.25) is 0 Å². The molecule has 1 rings (SSSR count).